The fraction of sp³-hybridized carbons (Fsp3) is 0.889. The van der Waals surface area contributed by atoms with E-state index in [0.717, 1.165) is 38.7 Å². The van der Waals surface area contributed by atoms with Crippen molar-refractivity contribution in [1.29, 1.82) is 0 Å². The summed E-state index contributed by atoms with van der Waals surface area (Å²) in [6, 6.07) is 0. The predicted molar refractivity (Wildman–Crippen MR) is 42.9 cm³/mol. The molecule has 1 N–H and O–H groups in total. The molecule has 0 radical (unpaired) electrons. The van der Waals surface area contributed by atoms with Gasteiger partial charge in [-0.25, -0.2) is 0 Å². The van der Waals surface area contributed by atoms with Crippen LogP contribution in [0.1, 0.15) is 32.1 Å². The maximum Gasteiger partial charge on any atom is 0.306 e. The van der Waals surface area contributed by atoms with Gasteiger partial charge < -0.3 is 9.84 Å². The van der Waals surface area contributed by atoms with Crippen molar-refractivity contribution in [3.63, 3.8) is 0 Å². The maximum absolute atomic E-state index is 10.7. The Bertz CT molecular complexity index is 194. The highest BCUT2D eigenvalue weighted by Crippen LogP contribution is 2.43. The molecule has 1 saturated heterocycles. The zero-order valence-corrected chi connectivity index (χ0v) is 7.08. The second-order valence-corrected chi connectivity index (χ2v) is 3.91. The molecule has 0 aromatic heterocycles. The molecule has 2 aliphatic rings. The number of ether oxygens (including phenoxy) is 1. The third-order valence-corrected chi connectivity index (χ3v) is 3.10. The topological polar surface area (TPSA) is 46.5 Å². The van der Waals surface area contributed by atoms with Crippen molar-refractivity contribution < 1.29 is 14.6 Å². The van der Waals surface area contributed by atoms with Crippen LogP contribution < -0.4 is 0 Å². The molecule has 1 spiro atoms. The Morgan fingerprint density at radius 1 is 1.50 bits per heavy atom. The predicted octanol–water partition coefficient (Wildman–Crippen LogP) is 1.42. The van der Waals surface area contributed by atoms with Crippen molar-refractivity contribution in [3.8, 4) is 0 Å². The van der Waals surface area contributed by atoms with Crippen molar-refractivity contribution in [1.82, 2.24) is 0 Å². The number of hydrogen-bond acceptors (Lipinski definition) is 2. The quantitative estimate of drug-likeness (QED) is 0.647. The van der Waals surface area contributed by atoms with Crippen molar-refractivity contribution in [2.75, 3.05) is 6.61 Å². The summed E-state index contributed by atoms with van der Waals surface area (Å²) in [5, 5.41) is 8.80. The van der Waals surface area contributed by atoms with E-state index in [1.165, 1.54) is 0 Å². The molecule has 0 aromatic rings. The molecule has 2 atom stereocenters. The van der Waals surface area contributed by atoms with E-state index < -0.39 is 5.97 Å². The number of carbonyl (C=O) groups is 1. The molecule has 3 nitrogen and oxygen atoms in total. The smallest absolute Gasteiger partial charge is 0.306 e. The summed E-state index contributed by atoms with van der Waals surface area (Å²) >= 11 is 0. The molecule has 3 heteroatoms. The van der Waals surface area contributed by atoms with Crippen molar-refractivity contribution >= 4 is 5.97 Å². The number of carboxylic acid groups (broad SMARTS) is 1. The van der Waals surface area contributed by atoms with Gasteiger partial charge in [0.15, 0.2) is 0 Å². The lowest BCUT2D eigenvalue weighted by atomic mass is 9.97. The Labute approximate surface area is 71.7 Å². The molecule has 0 unspecified atom stereocenters. The molecule has 68 valence electrons. The zero-order valence-electron chi connectivity index (χ0n) is 7.08. The van der Waals surface area contributed by atoms with Crippen LogP contribution in [0, 0.1) is 5.92 Å². The fourth-order valence-electron chi connectivity index (χ4n) is 2.41. The molecule has 0 bridgehead atoms. The highest BCUT2D eigenvalue weighted by atomic mass is 16.5. The van der Waals surface area contributed by atoms with Gasteiger partial charge >= 0.3 is 5.97 Å². The molecule has 1 aliphatic heterocycles. The van der Waals surface area contributed by atoms with Gasteiger partial charge in [-0.1, -0.05) is 0 Å². The van der Waals surface area contributed by atoms with E-state index in [0.29, 0.717) is 0 Å². The summed E-state index contributed by atoms with van der Waals surface area (Å²) in [5.74, 6) is -0.800. The van der Waals surface area contributed by atoms with Crippen molar-refractivity contribution in [2.24, 2.45) is 5.92 Å². The van der Waals surface area contributed by atoms with Gasteiger partial charge in [0, 0.05) is 6.61 Å². The van der Waals surface area contributed by atoms with E-state index in [1.54, 1.807) is 0 Å². The van der Waals surface area contributed by atoms with Gasteiger partial charge in [0.25, 0.3) is 0 Å². The monoisotopic (exact) mass is 170 g/mol. The Morgan fingerprint density at radius 2 is 2.33 bits per heavy atom. The van der Waals surface area contributed by atoms with E-state index in [-0.39, 0.29) is 11.5 Å². The first-order chi connectivity index (χ1) is 5.72. The lowest BCUT2D eigenvalue weighted by molar-refractivity contribution is -0.142. The molecule has 1 saturated carbocycles. The summed E-state index contributed by atoms with van der Waals surface area (Å²) < 4.78 is 5.62. The van der Waals surface area contributed by atoms with E-state index >= 15 is 0 Å². The molecule has 12 heavy (non-hydrogen) atoms. The SMILES string of the molecule is O=C(O)[C@H]1CC[C@]2(CCCO2)C1. The summed E-state index contributed by atoms with van der Waals surface area (Å²) in [6.45, 7) is 0.826. The van der Waals surface area contributed by atoms with E-state index in [4.69, 9.17) is 9.84 Å². The highest BCUT2D eigenvalue weighted by molar-refractivity contribution is 5.70. The van der Waals surface area contributed by atoms with E-state index in [1.807, 2.05) is 0 Å². The zero-order chi connectivity index (χ0) is 8.60. The molecular weight excluding hydrogens is 156 g/mol. The highest BCUT2D eigenvalue weighted by Gasteiger charge is 2.44. The Hall–Kier alpha value is -0.570. The van der Waals surface area contributed by atoms with Crippen LogP contribution in [0.15, 0.2) is 0 Å². The average molecular weight is 170 g/mol. The molecule has 0 aromatic carbocycles. The minimum Gasteiger partial charge on any atom is -0.481 e. The Morgan fingerprint density at radius 3 is 2.83 bits per heavy atom. The van der Waals surface area contributed by atoms with Crippen LogP contribution in [0.25, 0.3) is 0 Å². The molecular formula is C9H14O3. The third kappa shape index (κ3) is 1.22. The normalized spacial score (nSPS) is 40.8. The summed E-state index contributed by atoms with van der Waals surface area (Å²) in [5.41, 5.74) is -0.0386. The number of aliphatic carboxylic acids is 1. The van der Waals surface area contributed by atoms with Crippen LogP contribution in [-0.2, 0) is 9.53 Å². The molecule has 1 heterocycles. The van der Waals surface area contributed by atoms with Crippen LogP contribution in [0.4, 0.5) is 0 Å². The van der Waals surface area contributed by atoms with E-state index in [9.17, 15) is 4.79 Å². The van der Waals surface area contributed by atoms with Gasteiger partial charge in [0.1, 0.15) is 0 Å². The van der Waals surface area contributed by atoms with Crippen LogP contribution in [0.2, 0.25) is 0 Å². The maximum atomic E-state index is 10.7. The first kappa shape index (κ1) is 8.05. The van der Waals surface area contributed by atoms with Crippen molar-refractivity contribution in [2.45, 2.75) is 37.7 Å². The number of carboxylic acids is 1. The first-order valence-corrected chi connectivity index (χ1v) is 4.59. The Balaban J connectivity index is 2.01. The van der Waals surface area contributed by atoms with Gasteiger partial charge in [-0.05, 0) is 32.1 Å². The lowest BCUT2D eigenvalue weighted by Crippen LogP contribution is -2.24. The first-order valence-electron chi connectivity index (χ1n) is 4.59. The molecule has 1 aliphatic carbocycles. The minimum atomic E-state index is -0.651. The van der Waals surface area contributed by atoms with Gasteiger partial charge in [0.2, 0.25) is 0 Å². The molecule has 2 rings (SSSR count). The van der Waals surface area contributed by atoms with Crippen LogP contribution in [0.3, 0.4) is 0 Å². The standard InChI is InChI=1S/C9H14O3/c10-8(11)7-2-4-9(6-7)3-1-5-12-9/h7H,1-6H2,(H,10,11)/t7-,9+/m0/s1. The van der Waals surface area contributed by atoms with Gasteiger partial charge in [0.05, 0.1) is 11.5 Å². The van der Waals surface area contributed by atoms with Gasteiger partial charge in [-0.2, -0.15) is 0 Å². The second kappa shape index (κ2) is 2.73. The Kier molecular flexibility index (Phi) is 1.83. The van der Waals surface area contributed by atoms with Gasteiger partial charge in [-0.3, -0.25) is 4.79 Å². The third-order valence-electron chi connectivity index (χ3n) is 3.10. The van der Waals surface area contributed by atoms with E-state index in [2.05, 4.69) is 0 Å². The number of hydrogen-bond donors (Lipinski definition) is 1. The van der Waals surface area contributed by atoms with Gasteiger partial charge in [-0.15, -0.1) is 0 Å². The van der Waals surface area contributed by atoms with Crippen molar-refractivity contribution in [3.05, 3.63) is 0 Å². The summed E-state index contributed by atoms with van der Waals surface area (Å²) in [6.07, 6.45) is 4.66. The van der Waals surface area contributed by atoms with Crippen LogP contribution >= 0.6 is 0 Å². The van der Waals surface area contributed by atoms with Crippen LogP contribution in [-0.4, -0.2) is 23.3 Å². The fourth-order valence-corrected chi connectivity index (χ4v) is 2.41. The molecule has 0 amide bonds. The largest absolute Gasteiger partial charge is 0.481 e. The minimum absolute atomic E-state index is 0.0386. The summed E-state index contributed by atoms with van der Waals surface area (Å²) in [4.78, 5) is 10.7. The van der Waals surface area contributed by atoms with Crippen LogP contribution in [0.5, 0.6) is 0 Å². The molecule has 2 fully saturated rings. The second-order valence-electron chi connectivity index (χ2n) is 3.91. The summed E-state index contributed by atoms with van der Waals surface area (Å²) in [7, 11) is 0. The average Bonchev–Trinajstić information content (AvgIpc) is 2.62. The lowest BCUT2D eigenvalue weighted by Gasteiger charge is -2.21. The number of rotatable bonds is 1.